The molecule has 4 heterocycles. The lowest BCUT2D eigenvalue weighted by Crippen LogP contribution is -2.35. The Bertz CT molecular complexity index is 1150. The van der Waals surface area contributed by atoms with Crippen molar-refractivity contribution in [1.82, 2.24) is 20.3 Å². The van der Waals surface area contributed by atoms with Crippen molar-refractivity contribution in [3.8, 4) is 11.3 Å². The van der Waals surface area contributed by atoms with E-state index in [0.29, 0.717) is 18.1 Å². The molecule has 1 fully saturated rings. The van der Waals surface area contributed by atoms with Gasteiger partial charge in [0.2, 0.25) is 5.91 Å². The SMILES string of the molecule is CC(=O)N[C@H]1CCN(c2ccc(-c3cc(C)cc(Nc4cc(C(F)(F)F)ccn4)n3)cn2)C1. The standard InChI is InChI=1S/C23H23F3N6O/c1-14-9-19(30-21(10-14)31-20-11-17(5-7-27-20)23(24,25)26)16-3-4-22(28-12-16)32-8-6-18(13-32)29-15(2)33/h3-5,7,9-12,18H,6,8,13H2,1-2H3,(H,29,33)(H,27,30,31)/t18-/m0/s1. The van der Waals surface area contributed by atoms with Gasteiger partial charge < -0.3 is 15.5 Å². The summed E-state index contributed by atoms with van der Waals surface area (Å²) >= 11 is 0. The molecule has 3 aromatic heterocycles. The van der Waals surface area contributed by atoms with Crippen molar-refractivity contribution in [3.05, 3.63) is 59.9 Å². The summed E-state index contributed by atoms with van der Waals surface area (Å²) in [5, 5.41) is 5.79. The highest BCUT2D eigenvalue weighted by molar-refractivity contribution is 5.73. The van der Waals surface area contributed by atoms with E-state index in [9.17, 15) is 18.0 Å². The smallest absolute Gasteiger partial charge is 0.354 e. The van der Waals surface area contributed by atoms with E-state index >= 15 is 0 Å². The monoisotopic (exact) mass is 456 g/mol. The van der Waals surface area contributed by atoms with Crippen LogP contribution in [0, 0.1) is 6.92 Å². The van der Waals surface area contributed by atoms with Gasteiger partial charge in [-0.05, 0) is 55.3 Å². The Labute approximate surface area is 189 Å². The first-order valence-corrected chi connectivity index (χ1v) is 10.4. The fourth-order valence-electron chi connectivity index (χ4n) is 3.78. The van der Waals surface area contributed by atoms with Crippen molar-refractivity contribution in [1.29, 1.82) is 0 Å². The molecule has 1 atom stereocenters. The number of pyridine rings is 3. The summed E-state index contributed by atoms with van der Waals surface area (Å²) in [4.78, 5) is 26.4. The summed E-state index contributed by atoms with van der Waals surface area (Å²) in [5.74, 6) is 1.22. The molecule has 0 radical (unpaired) electrons. The number of amides is 1. The lowest BCUT2D eigenvalue weighted by Gasteiger charge is -2.18. The predicted octanol–water partition coefficient (Wildman–Crippen LogP) is 4.32. The molecule has 1 saturated heterocycles. The van der Waals surface area contributed by atoms with Crippen LogP contribution >= 0.6 is 0 Å². The van der Waals surface area contributed by atoms with Crippen molar-refractivity contribution in [2.75, 3.05) is 23.3 Å². The number of nitrogens with one attached hydrogen (secondary N) is 2. The Morgan fingerprint density at radius 3 is 2.64 bits per heavy atom. The molecule has 4 rings (SSSR count). The van der Waals surface area contributed by atoms with Crippen molar-refractivity contribution in [2.45, 2.75) is 32.5 Å². The van der Waals surface area contributed by atoms with Gasteiger partial charge in [-0.15, -0.1) is 0 Å². The van der Waals surface area contributed by atoms with Crippen LogP contribution in [0.5, 0.6) is 0 Å². The first kappa shape index (κ1) is 22.5. The van der Waals surface area contributed by atoms with Gasteiger partial charge in [-0.2, -0.15) is 13.2 Å². The van der Waals surface area contributed by atoms with Crippen LogP contribution < -0.4 is 15.5 Å². The van der Waals surface area contributed by atoms with Gasteiger partial charge in [-0.25, -0.2) is 15.0 Å². The third kappa shape index (κ3) is 5.57. The number of rotatable bonds is 5. The van der Waals surface area contributed by atoms with Crippen LogP contribution in [0.25, 0.3) is 11.3 Å². The van der Waals surface area contributed by atoms with Crippen LogP contribution in [0.1, 0.15) is 24.5 Å². The summed E-state index contributed by atoms with van der Waals surface area (Å²) in [5.41, 5.74) is 1.52. The van der Waals surface area contributed by atoms with Crippen molar-refractivity contribution < 1.29 is 18.0 Å². The van der Waals surface area contributed by atoms with Gasteiger partial charge in [0.05, 0.1) is 11.3 Å². The van der Waals surface area contributed by atoms with Crippen molar-refractivity contribution in [3.63, 3.8) is 0 Å². The minimum Gasteiger partial charge on any atom is -0.354 e. The topological polar surface area (TPSA) is 83.0 Å². The number of aryl methyl sites for hydroxylation is 1. The number of aromatic nitrogens is 3. The molecule has 0 bridgehead atoms. The Morgan fingerprint density at radius 1 is 1.12 bits per heavy atom. The Balaban J connectivity index is 1.51. The molecule has 1 aliphatic heterocycles. The van der Waals surface area contributed by atoms with E-state index < -0.39 is 11.7 Å². The summed E-state index contributed by atoms with van der Waals surface area (Å²) in [7, 11) is 0. The number of halogens is 3. The molecule has 1 amide bonds. The molecular formula is C23H23F3N6O. The molecule has 0 saturated carbocycles. The Morgan fingerprint density at radius 2 is 1.94 bits per heavy atom. The maximum absolute atomic E-state index is 13.0. The molecular weight excluding hydrogens is 433 g/mol. The van der Waals surface area contributed by atoms with E-state index in [1.807, 2.05) is 25.1 Å². The molecule has 172 valence electrons. The number of anilines is 3. The van der Waals surface area contributed by atoms with Crippen LogP contribution in [-0.4, -0.2) is 40.0 Å². The molecule has 1 aliphatic rings. The molecule has 0 spiro atoms. The lowest BCUT2D eigenvalue weighted by molar-refractivity contribution is -0.137. The van der Waals surface area contributed by atoms with Gasteiger partial charge in [-0.3, -0.25) is 4.79 Å². The number of hydrogen-bond acceptors (Lipinski definition) is 6. The number of alkyl halides is 3. The van der Waals surface area contributed by atoms with Gasteiger partial charge in [-0.1, -0.05) is 0 Å². The largest absolute Gasteiger partial charge is 0.416 e. The molecule has 10 heteroatoms. The number of nitrogens with zero attached hydrogens (tertiary/aromatic N) is 4. The van der Waals surface area contributed by atoms with E-state index in [0.717, 1.165) is 48.2 Å². The third-order valence-electron chi connectivity index (χ3n) is 5.28. The summed E-state index contributed by atoms with van der Waals surface area (Å²) < 4.78 is 38.9. The minimum atomic E-state index is -4.45. The van der Waals surface area contributed by atoms with Gasteiger partial charge in [0.1, 0.15) is 17.5 Å². The molecule has 33 heavy (non-hydrogen) atoms. The van der Waals surface area contributed by atoms with Gasteiger partial charge >= 0.3 is 6.18 Å². The normalized spacial score (nSPS) is 16.0. The molecule has 7 nitrogen and oxygen atoms in total. The first-order chi connectivity index (χ1) is 15.7. The lowest BCUT2D eigenvalue weighted by atomic mass is 10.1. The van der Waals surface area contributed by atoms with Crippen LogP contribution in [0.3, 0.4) is 0 Å². The second kappa shape index (κ2) is 9.05. The second-order valence-corrected chi connectivity index (χ2v) is 8.00. The highest BCUT2D eigenvalue weighted by Crippen LogP contribution is 2.31. The zero-order valence-corrected chi connectivity index (χ0v) is 18.1. The zero-order valence-electron chi connectivity index (χ0n) is 18.1. The maximum atomic E-state index is 13.0. The number of carbonyl (C=O) groups is 1. The predicted molar refractivity (Wildman–Crippen MR) is 119 cm³/mol. The quantitative estimate of drug-likeness (QED) is 0.595. The Kier molecular flexibility index (Phi) is 6.17. The van der Waals surface area contributed by atoms with Crippen LogP contribution in [-0.2, 0) is 11.0 Å². The molecule has 0 aromatic carbocycles. The van der Waals surface area contributed by atoms with E-state index in [-0.39, 0.29) is 17.8 Å². The van der Waals surface area contributed by atoms with E-state index in [1.165, 1.54) is 6.92 Å². The van der Waals surface area contributed by atoms with Gasteiger partial charge in [0.15, 0.2) is 0 Å². The number of carbonyl (C=O) groups excluding carboxylic acids is 1. The Hall–Kier alpha value is -3.69. The number of hydrogen-bond donors (Lipinski definition) is 2. The second-order valence-electron chi connectivity index (χ2n) is 8.00. The van der Waals surface area contributed by atoms with Crippen molar-refractivity contribution in [2.24, 2.45) is 0 Å². The van der Waals surface area contributed by atoms with Crippen molar-refractivity contribution >= 4 is 23.4 Å². The summed E-state index contributed by atoms with van der Waals surface area (Å²) in [6, 6.07) is 9.40. The summed E-state index contributed by atoms with van der Waals surface area (Å²) in [6.07, 6.45) is -0.759. The van der Waals surface area contributed by atoms with E-state index in [1.54, 1.807) is 12.3 Å². The molecule has 0 aliphatic carbocycles. The third-order valence-corrected chi connectivity index (χ3v) is 5.28. The maximum Gasteiger partial charge on any atom is 0.416 e. The average molecular weight is 456 g/mol. The molecule has 2 N–H and O–H groups in total. The fraction of sp³-hybridized carbons (Fsp3) is 0.304. The van der Waals surface area contributed by atoms with Crippen LogP contribution in [0.15, 0.2) is 48.8 Å². The van der Waals surface area contributed by atoms with E-state index in [4.69, 9.17) is 0 Å². The zero-order chi connectivity index (χ0) is 23.6. The highest BCUT2D eigenvalue weighted by atomic mass is 19.4. The molecule has 3 aromatic rings. The minimum absolute atomic E-state index is 0.0413. The average Bonchev–Trinajstić information content (AvgIpc) is 3.21. The van der Waals surface area contributed by atoms with Gasteiger partial charge in [0.25, 0.3) is 0 Å². The van der Waals surface area contributed by atoms with Gasteiger partial charge in [0, 0.05) is 44.0 Å². The first-order valence-electron chi connectivity index (χ1n) is 10.4. The highest BCUT2D eigenvalue weighted by Gasteiger charge is 2.30. The van der Waals surface area contributed by atoms with Crippen LogP contribution in [0.4, 0.5) is 30.6 Å². The fourth-order valence-corrected chi connectivity index (χ4v) is 3.78. The molecule has 0 unspecified atom stereocenters. The summed E-state index contributed by atoms with van der Waals surface area (Å²) in [6.45, 7) is 4.89. The van der Waals surface area contributed by atoms with E-state index in [2.05, 4.69) is 30.5 Å². The van der Waals surface area contributed by atoms with Crippen LogP contribution in [0.2, 0.25) is 0 Å².